The molecule has 0 radical (unpaired) electrons. The third-order valence-electron chi connectivity index (χ3n) is 2.57. The fourth-order valence-electron chi connectivity index (χ4n) is 1.43. The second kappa shape index (κ2) is 7.59. The van der Waals surface area contributed by atoms with Gasteiger partial charge in [-0.1, -0.05) is 32.6 Å². The number of carbonyl (C=O) groups excluding carboxylic acids is 1. The van der Waals surface area contributed by atoms with Crippen LogP contribution in [0.2, 0.25) is 0 Å². The topological polar surface area (TPSA) is 55.8 Å². The van der Waals surface area contributed by atoms with Crippen molar-refractivity contribution >= 4 is 5.97 Å². The number of benzene rings is 1. The van der Waals surface area contributed by atoms with E-state index in [4.69, 9.17) is 9.47 Å². The van der Waals surface area contributed by atoms with Gasteiger partial charge in [0.05, 0.1) is 0 Å². The fourth-order valence-corrected chi connectivity index (χ4v) is 1.43. The van der Waals surface area contributed by atoms with Gasteiger partial charge in [0.15, 0.2) is 0 Å². The maximum Gasteiger partial charge on any atom is 0.330 e. The molecule has 0 amide bonds. The van der Waals surface area contributed by atoms with Gasteiger partial charge in [0.1, 0.15) is 25.1 Å². The van der Waals surface area contributed by atoms with Crippen LogP contribution in [0.3, 0.4) is 0 Å². The van der Waals surface area contributed by atoms with Crippen molar-refractivity contribution in [2.24, 2.45) is 0 Å². The first-order valence-electron chi connectivity index (χ1n) is 6.23. The highest BCUT2D eigenvalue weighted by atomic mass is 16.5. The van der Waals surface area contributed by atoms with Crippen LogP contribution in [0.1, 0.15) is 25.3 Å². The van der Waals surface area contributed by atoms with Crippen molar-refractivity contribution in [1.29, 1.82) is 0 Å². The van der Waals surface area contributed by atoms with Crippen LogP contribution in [0.15, 0.2) is 36.9 Å². The van der Waals surface area contributed by atoms with Crippen molar-refractivity contribution in [2.45, 2.75) is 25.9 Å². The average molecular weight is 264 g/mol. The fraction of sp³-hybridized carbons (Fsp3) is 0.400. The average Bonchev–Trinajstić information content (AvgIpc) is 2.42. The van der Waals surface area contributed by atoms with Crippen LogP contribution in [0.25, 0.3) is 0 Å². The van der Waals surface area contributed by atoms with Crippen LogP contribution in [0.5, 0.6) is 5.75 Å². The van der Waals surface area contributed by atoms with Gasteiger partial charge in [0.25, 0.3) is 0 Å². The molecule has 0 saturated heterocycles. The van der Waals surface area contributed by atoms with E-state index >= 15 is 0 Å². The Balaban J connectivity index is 2.35. The van der Waals surface area contributed by atoms with Gasteiger partial charge in [0, 0.05) is 6.08 Å². The summed E-state index contributed by atoms with van der Waals surface area (Å²) in [7, 11) is 0. The summed E-state index contributed by atoms with van der Waals surface area (Å²) in [6.45, 7) is 7.48. The Morgan fingerprint density at radius 2 is 1.95 bits per heavy atom. The molecule has 1 unspecified atom stereocenters. The molecule has 19 heavy (non-hydrogen) atoms. The summed E-state index contributed by atoms with van der Waals surface area (Å²) in [5, 5.41) is 9.56. The maximum absolute atomic E-state index is 10.8. The van der Waals surface area contributed by atoms with Gasteiger partial charge < -0.3 is 14.6 Å². The third-order valence-corrected chi connectivity index (χ3v) is 2.57. The van der Waals surface area contributed by atoms with Crippen LogP contribution in [0, 0.1) is 0 Å². The molecule has 1 atom stereocenters. The number of ether oxygens (including phenoxy) is 2. The first kappa shape index (κ1) is 15.2. The first-order valence-corrected chi connectivity index (χ1v) is 6.23. The lowest BCUT2D eigenvalue weighted by Gasteiger charge is -2.13. The summed E-state index contributed by atoms with van der Waals surface area (Å²) < 4.78 is 10.1. The minimum Gasteiger partial charge on any atom is -0.491 e. The van der Waals surface area contributed by atoms with E-state index in [0.717, 1.165) is 6.08 Å². The summed E-state index contributed by atoms with van der Waals surface area (Å²) in [6.07, 6.45) is 0.201. The Morgan fingerprint density at radius 1 is 1.32 bits per heavy atom. The zero-order valence-electron chi connectivity index (χ0n) is 11.3. The van der Waals surface area contributed by atoms with E-state index in [1.54, 1.807) is 0 Å². The van der Waals surface area contributed by atoms with E-state index in [2.05, 4.69) is 20.4 Å². The number of hydrogen-bond donors (Lipinski definition) is 1. The first-order chi connectivity index (χ1) is 9.02. The second-order valence-corrected chi connectivity index (χ2v) is 4.52. The van der Waals surface area contributed by atoms with Gasteiger partial charge in [-0.2, -0.15) is 0 Å². The number of hydrogen-bond acceptors (Lipinski definition) is 4. The Labute approximate surface area is 113 Å². The van der Waals surface area contributed by atoms with Crippen molar-refractivity contribution in [3.8, 4) is 5.75 Å². The van der Waals surface area contributed by atoms with Crippen LogP contribution >= 0.6 is 0 Å². The van der Waals surface area contributed by atoms with Gasteiger partial charge in [-0.25, -0.2) is 4.79 Å². The predicted molar refractivity (Wildman–Crippen MR) is 73.2 cm³/mol. The highest BCUT2D eigenvalue weighted by molar-refractivity contribution is 5.81. The lowest BCUT2D eigenvalue weighted by atomic mass is 10.0. The molecule has 0 spiro atoms. The van der Waals surface area contributed by atoms with Crippen molar-refractivity contribution in [3.05, 3.63) is 42.5 Å². The van der Waals surface area contributed by atoms with E-state index in [1.165, 1.54) is 5.56 Å². The van der Waals surface area contributed by atoms with Crippen molar-refractivity contribution < 1.29 is 19.4 Å². The molecule has 0 fully saturated rings. The zero-order valence-corrected chi connectivity index (χ0v) is 11.3. The Bertz CT molecular complexity index is 409. The molecule has 104 valence electrons. The largest absolute Gasteiger partial charge is 0.491 e. The molecule has 4 heteroatoms. The summed E-state index contributed by atoms with van der Waals surface area (Å²) in [5.41, 5.74) is 1.23. The quantitative estimate of drug-likeness (QED) is 0.606. The number of aliphatic hydroxyl groups excluding tert-OH is 1. The molecule has 0 bridgehead atoms. The van der Waals surface area contributed by atoms with Crippen molar-refractivity contribution in [2.75, 3.05) is 13.2 Å². The van der Waals surface area contributed by atoms with Gasteiger partial charge in [-0.3, -0.25) is 0 Å². The second-order valence-electron chi connectivity index (χ2n) is 4.52. The van der Waals surface area contributed by atoms with E-state index in [-0.39, 0.29) is 13.2 Å². The van der Waals surface area contributed by atoms with E-state index < -0.39 is 12.1 Å². The van der Waals surface area contributed by atoms with Crippen molar-refractivity contribution in [3.63, 3.8) is 0 Å². The molecule has 0 aliphatic carbocycles. The molecule has 4 nitrogen and oxygen atoms in total. The molecule has 1 rings (SSSR count). The number of aliphatic hydroxyl groups is 1. The highest BCUT2D eigenvalue weighted by Crippen LogP contribution is 2.18. The third kappa shape index (κ3) is 5.57. The molecule has 1 aromatic rings. The minimum atomic E-state index is -0.853. The molecular weight excluding hydrogens is 244 g/mol. The zero-order chi connectivity index (χ0) is 14.3. The standard InChI is InChI=1S/C15H20O4/c1-4-15(17)19-10-13(16)9-18-14-7-5-12(6-8-14)11(2)3/h4-8,11,13,16H,1,9-10H2,2-3H3. The highest BCUT2D eigenvalue weighted by Gasteiger charge is 2.08. The summed E-state index contributed by atoms with van der Waals surface area (Å²) in [5.74, 6) is 0.594. The van der Waals surface area contributed by atoms with Crippen LogP contribution in [-0.4, -0.2) is 30.4 Å². The SMILES string of the molecule is C=CC(=O)OCC(O)COc1ccc(C(C)C)cc1. The molecule has 0 aromatic heterocycles. The molecule has 1 aromatic carbocycles. The predicted octanol–water partition coefficient (Wildman–Crippen LogP) is 2.28. The summed E-state index contributed by atoms with van der Waals surface area (Å²) in [6, 6.07) is 7.70. The molecule has 0 aliphatic heterocycles. The van der Waals surface area contributed by atoms with Crippen molar-refractivity contribution in [1.82, 2.24) is 0 Å². The number of carbonyl (C=O) groups is 1. The van der Waals surface area contributed by atoms with E-state index in [0.29, 0.717) is 11.7 Å². The van der Waals surface area contributed by atoms with Crippen LogP contribution in [-0.2, 0) is 9.53 Å². The molecule has 0 saturated carbocycles. The minimum absolute atomic E-state index is 0.0748. The summed E-state index contributed by atoms with van der Waals surface area (Å²) in [4.78, 5) is 10.8. The summed E-state index contributed by atoms with van der Waals surface area (Å²) >= 11 is 0. The molecule has 0 aliphatic rings. The lowest BCUT2D eigenvalue weighted by Crippen LogP contribution is -2.24. The normalized spacial score (nSPS) is 12.0. The van der Waals surface area contributed by atoms with Gasteiger partial charge >= 0.3 is 5.97 Å². The van der Waals surface area contributed by atoms with Crippen LogP contribution in [0.4, 0.5) is 0 Å². The molecular formula is C15H20O4. The van der Waals surface area contributed by atoms with E-state index in [9.17, 15) is 9.90 Å². The smallest absolute Gasteiger partial charge is 0.330 e. The Kier molecular flexibility index (Phi) is 6.09. The maximum atomic E-state index is 10.8. The van der Waals surface area contributed by atoms with E-state index in [1.807, 2.05) is 24.3 Å². The molecule has 1 N–H and O–H groups in total. The lowest BCUT2D eigenvalue weighted by molar-refractivity contribution is -0.141. The monoisotopic (exact) mass is 264 g/mol. The van der Waals surface area contributed by atoms with Gasteiger partial charge in [-0.15, -0.1) is 0 Å². The Hall–Kier alpha value is -1.81. The Morgan fingerprint density at radius 3 is 2.47 bits per heavy atom. The van der Waals surface area contributed by atoms with Gasteiger partial charge in [0.2, 0.25) is 0 Å². The van der Waals surface area contributed by atoms with Gasteiger partial charge in [-0.05, 0) is 23.6 Å². The van der Waals surface area contributed by atoms with Crippen LogP contribution < -0.4 is 4.74 Å². The number of esters is 1. The molecule has 0 heterocycles. The number of rotatable bonds is 7.